The summed E-state index contributed by atoms with van der Waals surface area (Å²) < 4.78 is 5.68. The highest BCUT2D eigenvalue weighted by molar-refractivity contribution is 6.30. The number of carbonyl (C=O) groups excluding carboxylic acids is 2. The minimum absolute atomic E-state index is 0.0254. The Morgan fingerprint density at radius 1 is 0.912 bits per heavy atom. The van der Waals surface area contributed by atoms with Crippen LogP contribution in [0.3, 0.4) is 0 Å². The Morgan fingerprint density at radius 3 is 2.26 bits per heavy atom. The zero-order valence-electron chi connectivity index (χ0n) is 19.4. The van der Waals surface area contributed by atoms with Gasteiger partial charge in [-0.25, -0.2) is 0 Å². The molecule has 1 fully saturated rings. The predicted molar refractivity (Wildman–Crippen MR) is 136 cm³/mol. The molecule has 1 saturated heterocycles. The fourth-order valence-electron chi connectivity index (χ4n) is 3.92. The van der Waals surface area contributed by atoms with E-state index >= 15 is 0 Å². The Labute approximate surface area is 205 Å². The molecule has 34 heavy (non-hydrogen) atoms. The van der Waals surface area contributed by atoms with E-state index in [0.29, 0.717) is 23.7 Å². The van der Waals surface area contributed by atoms with Crippen LogP contribution in [0.4, 0.5) is 11.4 Å². The normalized spacial score (nSPS) is 13.5. The maximum atomic E-state index is 12.7. The minimum atomic E-state index is -0.206. The molecule has 1 N–H and O–H groups in total. The topological polar surface area (TPSA) is 61.9 Å². The highest BCUT2D eigenvalue weighted by Crippen LogP contribution is 2.22. The smallest absolute Gasteiger partial charge is 0.262 e. The molecule has 0 saturated carbocycles. The average molecular weight is 478 g/mol. The molecule has 0 aromatic heterocycles. The van der Waals surface area contributed by atoms with Gasteiger partial charge < -0.3 is 19.9 Å². The Kier molecular flexibility index (Phi) is 7.38. The number of carbonyl (C=O) groups is 2. The molecule has 1 aliphatic rings. The molecule has 4 rings (SSSR count). The van der Waals surface area contributed by atoms with Gasteiger partial charge in [0.05, 0.1) is 0 Å². The van der Waals surface area contributed by atoms with E-state index in [4.69, 9.17) is 16.3 Å². The van der Waals surface area contributed by atoms with Crippen LogP contribution in [0.5, 0.6) is 5.75 Å². The molecule has 6 nitrogen and oxygen atoms in total. The fourth-order valence-corrected chi connectivity index (χ4v) is 4.05. The van der Waals surface area contributed by atoms with E-state index in [1.54, 1.807) is 24.3 Å². The van der Waals surface area contributed by atoms with E-state index in [1.165, 1.54) is 0 Å². The van der Waals surface area contributed by atoms with Crippen molar-refractivity contribution < 1.29 is 14.3 Å². The number of piperazine rings is 1. The van der Waals surface area contributed by atoms with Gasteiger partial charge in [0.2, 0.25) is 0 Å². The maximum absolute atomic E-state index is 12.7. The van der Waals surface area contributed by atoms with Gasteiger partial charge >= 0.3 is 0 Å². The number of benzene rings is 3. The Hall–Kier alpha value is -3.51. The summed E-state index contributed by atoms with van der Waals surface area (Å²) in [6, 6.07) is 20.5. The van der Waals surface area contributed by atoms with Gasteiger partial charge in [-0.15, -0.1) is 0 Å². The van der Waals surface area contributed by atoms with Crippen LogP contribution >= 0.6 is 11.6 Å². The zero-order chi connectivity index (χ0) is 24.1. The second-order valence-corrected chi connectivity index (χ2v) is 8.80. The number of ether oxygens (including phenoxy) is 1. The quantitative estimate of drug-likeness (QED) is 0.546. The van der Waals surface area contributed by atoms with Crippen LogP contribution in [-0.2, 0) is 4.79 Å². The van der Waals surface area contributed by atoms with Crippen LogP contribution in [0.15, 0.2) is 66.7 Å². The number of halogens is 1. The first kappa shape index (κ1) is 23.6. The van der Waals surface area contributed by atoms with E-state index < -0.39 is 0 Å². The first-order chi connectivity index (χ1) is 16.4. The lowest BCUT2D eigenvalue weighted by Crippen LogP contribution is -2.48. The van der Waals surface area contributed by atoms with Gasteiger partial charge in [0.15, 0.2) is 6.61 Å². The summed E-state index contributed by atoms with van der Waals surface area (Å²) in [4.78, 5) is 29.1. The molecular weight excluding hydrogens is 450 g/mol. The van der Waals surface area contributed by atoms with E-state index in [0.717, 1.165) is 41.3 Å². The van der Waals surface area contributed by atoms with Crippen LogP contribution in [-0.4, -0.2) is 49.5 Å². The lowest BCUT2D eigenvalue weighted by Gasteiger charge is -2.36. The molecule has 1 aliphatic heterocycles. The SMILES string of the molecule is Cc1cccc(OCC(=O)Nc2ccc(N3CCN(C(=O)c4ccc(Cl)cc4)CC3)cc2)c1C. The summed E-state index contributed by atoms with van der Waals surface area (Å²) in [6.45, 7) is 6.74. The van der Waals surface area contributed by atoms with Crippen LogP contribution < -0.4 is 15.0 Å². The maximum Gasteiger partial charge on any atom is 0.262 e. The molecule has 176 valence electrons. The van der Waals surface area contributed by atoms with Crippen molar-refractivity contribution >= 4 is 34.8 Å². The molecule has 3 aromatic carbocycles. The van der Waals surface area contributed by atoms with Gasteiger partial charge in [0.25, 0.3) is 11.8 Å². The number of anilines is 2. The van der Waals surface area contributed by atoms with E-state index in [1.807, 2.05) is 61.2 Å². The fraction of sp³-hybridized carbons (Fsp3) is 0.259. The number of amides is 2. The largest absolute Gasteiger partial charge is 0.483 e. The van der Waals surface area contributed by atoms with E-state index in [9.17, 15) is 9.59 Å². The summed E-state index contributed by atoms with van der Waals surface area (Å²) >= 11 is 5.92. The molecule has 2 amide bonds. The highest BCUT2D eigenvalue weighted by Gasteiger charge is 2.22. The third-order valence-electron chi connectivity index (χ3n) is 6.09. The third kappa shape index (κ3) is 5.69. The Morgan fingerprint density at radius 2 is 1.59 bits per heavy atom. The molecule has 0 unspecified atom stereocenters. The van der Waals surface area contributed by atoms with Crippen molar-refractivity contribution in [1.29, 1.82) is 0 Å². The monoisotopic (exact) mass is 477 g/mol. The second-order valence-electron chi connectivity index (χ2n) is 8.37. The molecule has 0 aliphatic carbocycles. The standard InChI is InChI=1S/C27H28ClN3O3/c1-19-4-3-5-25(20(19)2)34-18-26(32)29-23-10-12-24(13-11-23)30-14-16-31(17-15-30)27(33)21-6-8-22(28)9-7-21/h3-13H,14-18H2,1-2H3,(H,29,32). The van der Waals surface area contributed by atoms with Gasteiger partial charge in [-0.2, -0.15) is 0 Å². The zero-order valence-corrected chi connectivity index (χ0v) is 20.1. The van der Waals surface area contributed by atoms with Crippen molar-refractivity contribution in [2.45, 2.75) is 13.8 Å². The molecule has 3 aromatic rings. The minimum Gasteiger partial charge on any atom is -0.483 e. The lowest BCUT2D eigenvalue weighted by atomic mass is 10.1. The van der Waals surface area contributed by atoms with Gasteiger partial charge in [-0.05, 0) is 79.6 Å². The number of nitrogens with zero attached hydrogens (tertiary/aromatic N) is 2. The first-order valence-electron chi connectivity index (χ1n) is 11.3. The molecule has 1 heterocycles. The first-order valence-corrected chi connectivity index (χ1v) is 11.7. The van der Waals surface area contributed by atoms with Crippen molar-refractivity contribution in [3.05, 3.63) is 88.4 Å². The summed E-state index contributed by atoms with van der Waals surface area (Å²) in [5.74, 6) is 0.541. The van der Waals surface area contributed by atoms with Crippen LogP contribution in [0.2, 0.25) is 5.02 Å². The van der Waals surface area contributed by atoms with E-state index in [2.05, 4.69) is 10.2 Å². The van der Waals surface area contributed by atoms with Gasteiger partial charge in [-0.1, -0.05) is 23.7 Å². The molecule has 0 atom stereocenters. The number of hydrogen-bond donors (Lipinski definition) is 1. The van der Waals surface area contributed by atoms with Crippen molar-refractivity contribution in [1.82, 2.24) is 4.90 Å². The molecule has 7 heteroatoms. The summed E-state index contributed by atoms with van der Waals surface area (Å²) in [7, 11) is 0. The van der Waals surface area contributed by atoms with Crippen LogP contribution in [0.1, 0.15) is 21.5 Å². The van der Waals surface area contributed by atoms with Gasteiger partial charge in [0, 0.05) is 48.1 Å². The lowest BCUT2D eigenvalue weighted by molar-refractivity contribution is -0.118. The van der Waals surface area contributed by atoms with Crippen molar-refractivity contribution in [2.75, 3.05) is 43.0 Å². The summed E-state index contributed by atoms with van der Waals surface area (Å²) in [6.07, 6.45) is 0. The molecular formula is C27H28ClN3O3. The third-order valence-corrected chi connectivity index (χ3v) is 6.34. The summed E-state index contributed by atoms with van der Waals surface area (Å²) in [5, 5.41) is 3.50. The average Bonchev–Trinajstić information content (AvgIpc) is 2.85. The highest BCUT2D eigenvalue weighted by atomic mass is 35.5. The van der Waals surface area contributed by atoms with Gasteiger partial charge in [-0.3, -0.25) is 9.59 Å². The number of hydrogen-bond acceptors (Lipinski definition) is 4. The number of aryl methyl sites for hydroxylation is 1. The molecule has 0 radical (unpaired) electrons. The van der Waals surface area contributed by atoms with Crippen molar-refractivity contribution in [3.8, 4) is 5.75 Å². The number of rotatable bonds is 6. The molecule has 0 bridgehead atoms. The second kappa shape index (κ2) is 10.6. The van der Waals surface area contributed by atoms with Crippen LogP contribution in [0.25, 0.3) is 0 Å². The van der Waals surface area contributed by atoms with Crippen molar-refractivity contribution in [3.63, 3.8) is 0 Å². The summed E-state index contributed by atoms with van der Waals surface area (Å²) in [5.41, 5.74) is 4.59. The van der Waals surface area contributed by atoms with Crippen molar-refractivity contribution in [2.24, 2.45) is 0 Å². The molecule has 0 spiro atoms. The van der Waals surface area contributed by atoms with Crippen LogP contribution in [0, 0.1) is 13.8 Å². The number of nitrogens with one attached hydrogen (secondary N) is 1. The predicted octanol–water partition coefficient (Wildman–Crippen LogP) is 4.94. The Bertz CT molecular complexity index is 1150. The van der Waals surface area contributed by atoms with Gasteiger partial charge in [0.1, 0.15) is 5.75 Å². The van der Waals surface area contributed by atoms with E-state index in [-0.39, 0.29) is 18.4 Å². The Balaban J connectivity index is 1.26.